The summed E-state index contributed by atoms with van der Waals surface area (Å²) in [4.78, 5) is 0. The van der Waals surface area contributed by atoms with E-state index >= 15 is 0 Å². The summed E-state index contributed by atoms with van der Waals surface area (Å²) < 4.78 is 124. The maximum atomic E-state index is 12.1. The minimum Gasteiger partial charge on any atom is -0.260 e. The second-order valence-electron chi connectivity index (χ2n) is 6.36. The molecule has 14 heteroatoms. The molecular weight excluding hydrogens is 406 g/mol. The Balaban J connectivity index is 5.36. The molecule has 0 radical (unpaired) electrons. The molecule has 0 rings (SSSR count). The molecule has 0 fully saturated rings. The molecule has 0 aromatic heterocycles. The van der Waals surface area contributed by atoms with Crippen LogP contribution in [0.4, 0.5) is 26.3 Å². The van der Waals surface area contributed by atoms with Crippen molar-refractivity contribution in [3.8, 4) is 0 Å². The molecule has 0 amide bonds. The van der Waals surface area contributed by atoms with Crippen LogP contribution in [0.2, 0.25) is 0 Å². The third-order valence-electron chi connectivity index (χ3n) is 2.96. The maximum Gasteiger partial charge on any atom is 0.413 e. The molecule has 0 heterocycles. The molecule has 0 aliphatic carbocycles. The molecule has 6 nitrogen and oxygen atoms in total. The van der Waals surface area contributed by atoms with Crippen LogP contribution in [-0.2, 0) is 28.6 Å². The van der Waals surface area contributed by atoms with Crippen molar-refractivity contribution in [2.24, 2.45) is 0 Å². The Morgan fingerprint density at radius 2 is 0.880 bits per heavy atom. The SMILES string of the molecule is CC(C)(CC(C)(C)S(=O)(=O)OCC(F)(F)F)S(=O)(=O)OCC(F)(F)F. The summed E-state index contributed by atoms with van der Waals surface area (Å²) in [6.45, 7) is -0.675. The van der Waals surface area contributed by atoms with Gasteiger partial charge in [0.15, 0.2) is 13.2 Å². The Hall–Kier alpha value is -0.600. The predicted molar refractivity (Wildman–Crippen MR) is 74.6 cm³/mol. The summed E-state index contributed by atoms with van der Waals surface area (Å²) in [5.74, 6) is 0. The van der Waals surface area contributed by atoms with E-state index in [4.69, 9.17) is 0 Å². The highest BCUT2D eigenvalue weighted by Crippen LogP contribution is 2.35. The van der Waals surface area contributed by atoms with Gasteiger partial charge in [-0.05, 0) is 34.1 Å². The molecule has 152 valence electrons. The van der Waals surface area contributed by atoms with Crippen LogP contribution in [-0.4, -0.2) is 51.9 Å². The second-order valence-corrected chi connectivity index (χ2v) is 10.9. The van der Waals surface area contributed by atoms with Crippen LogP contribution in [0.3, 0.4) is 0 Å². The van der Waals surface area contributed by atoms with Crippen molar-refractivity contribution >= 4 is 20.2 Å². The summed E-state index contributed by atoms with van der Waals surface area (Å²) in [7, 11) is -9.78. The van der Waals surface area contributed by atoms with E-state index < -0.39 is 61.7 Å². The fourth-order valence-corrected chi connectivity index (χ4v) is 4.19. The lowest BCUT2D eigenvalue weighted by atomic mass is 9.99. The van der Waals surface area contributed by atoms with Crippen LogP contribution in [0.15, 0.2) is 0 Å². The van der Waals surface area contributed by atoms with E-state index in [-0.39, 0.29) is 0 Å². The van der Waals surface area contributed by atoms with Crippen LogP contribution in [0.25, 0.3) is 0 Å². The summed E-state index contributed by atoms with van der Waals surface area (Å²) in [5, 5.41) is 0. The van der Waals surface area contributed by atoms with Gasteiger partial charge in [-0.3, -0.25) is 8.37 Å². The zero-order valence-corrected chi connectivity index (χ0v) is 15.3. The van der Waals surface area contributed by atoms with Crippen molar-refractivity contribution < 1.29 is 51.5 Å². The topological polar surface area (TPSA) is 86.7 Å². The van der Waals surface area contributed by atoms with Crippen LogP contribution in [0, 0.1) is 0 Å². The van der Waals surface area contributed by atoms with Crippen molar-refractivity contribution in [2.75, 3.05) is 13.2 Å². The molecule has 0 aromatic carbocycles. The van der Waals surface area contributed by atoms with Gasteiger partial charge in [0.25, 0.3) is 20.2 Å². The van der Waals surface area contributed by atoms with Gasteiger partial charge in [-0.1, -0.05) is 0 Å². The van der Waals surface area contributed by atoms with Crippen molar-refractivity contribution in [2.45, 2.75) is 56.0 Å². The van der Waals surface area contributed by atoms with E-state index in [0.717, 1.165) is 27.7 Å². The van der Waals surface area contributed by atoms with Crippen LogP contribution >= 0.6 is 0 Å². The fraction of sp³-hybridized carbons (Fsp3) is 1.00. The Labute approximate surface area is 141 Å². The Kier molecular flexibility index (Phi) is 7.02. The quantitative estimate of drug-likeness (QED) is 0.440. The van der Waals surface area contributed by atoms with Gasteiger partial charge in [-0.2, -0.15) is 43.2 Å². The minimum absolute atomic E-state index is 0.875. The molecule has 0 aromatic rings. The molecule has 0 bridgehead atoms. The lowest BCUT2D eigenvalue weighted by Gasteiger charge is -2.33. The average Bonchev–Trinajstić information content (AvgIpc) is 2.31. The molecule has 0 aliphatic rings. The van der Waals surface area contributed by atoms with E-state index in [1.54, 1.807) is 0 Å². The largest absolute Gasteiger partial charge is 0.413 e. The van der Waals surface area contributed by atoms with E-state index in [0.29, 0.717) is 0 Å². The molecule has 0 aliphatic heterocycles. The van der Waals surface area contributed by atoms with Gasteiger partial charge >= 0.3 is 12.4 Å². The molecule has 0 saturated heterocycles. The second kappa shape index (κ2) is 7.19. The first kappa shape index (κ1) is 24.4. The average molecular weight is 424 g/mol. The molecule has 0 unspecified atom stereocenters. The van der Waals surface area contributed by atoms with Crippen molar-refractivity contribution in [1.82, 2.24) is 0 Å². The Morgan fingerprint density at radius 1 is 0.640 bits per heavy atom. The third kappa shape index (κ3) is 7.66. The van der Waals surface area contributed by atoms with Gasteiger partial charge in [0.2, 0.25) is 0 Å². The van der Waals surface area contributed by atoms with Crippen molar-refractivity contribution in [1.29, 1.82) is 0 Å². The Bertz CT molecular complexity index is 602. The van der Waals surface area contributed by atoms with Crippen molar-refractivity contribution in [3.63, 3.8) is 0 Å². The smallest absolute Gasteiger partial charge is 0.260 e. The highest BCUT2D eigenvalue weighted by molar-refractivity contribution is 7.89. The van der Waals surface area contributed by atoms with Gasteiger partial charge in [-0.15, -0.1) is 0 Å². The number of halogens is 6. The molecule has 0 N–H and O–H groups in total. The van der Waals surface area contributed by atoms with E-state index in [1.807, 2.05) is 0 Å². The summed E-state index contributed by atoms with van der Waals surface area (Å²) in [6.07, 6.45) is -10.8. The normalized spacial score (nSPS) is 15.4. The van der Waals surface area contributed by atoms with Gasteiger partial charge in [0.05, 0.1) is 9.49 Å². The first-order valence-corrected chi connectivity index (χ1v) is 9.35. The molecule has 0 spiro atoms. The molecule has 0 atom stereocenters. The zero-order valence-electron chi connectivity index (χ0n) is 13.7. The van der Waals surface area contributed by atoms with Crippen LogP contribution in [0.5, 0.6) is 0 Å². The van der Waals surface area contributed by atoms with Crippen LogP contribution < -0.4 is 0 Å². The molecule has 25 heavy (non-hydrogen) atoms. The van der Waals surface area contributed by atoms with Gasteiger partial charge in [0.1, 0.15) is 0 Å². The minimum atomic E-state index is -4.94. The van der Waals surface area contributed by atoms with Gasteiger partial charge in [-0.25, -0.2) is 0 Å². The summed E-state index contributed by atoms with van der Waals surface area (Å²) in [5.41, 5.74) is 0. The van der Waals surface area contributed by atoms with Gasteiger partial charge < -0.3 is 0 Å². The van der Waals surface area contributed by atoms with E-state index in [2.05, 4.69) is 8.37 Å². The van der Waals surface area contributed by atoms with Gasteiger partial charge in [0, 0.05) is 0 Å². The fourth-order valence-electron chi connectivity index (χ4n) is 1.81. The predicted octanol–water partition coefficient (Wildman–Crippen LogP) is 2.75. The monoisotopic (exact) mass is 424 g/mol. The third-order valence-corrected chi connectivity index (χ3v) is 6.81. The maximum absolute atomic E-state index is 12.1. The summed E-state index contributed by atoms with van der Waals surface area (Å²) in [6, 6.07) is 0. The highest BCUT2D eigenvalue weighted by Gasteiger charge is 2.48. The van der Waals surface area contributed by atoms with Crippen molar-refractivity contribution in [3.05, 3.63) is 0 Å². The highest BCUT2D eigenvalue weighted by atomic mass is 32.2. The summed E-state index contributed by atoms with van der Waals surface area (Å²) >= 11 is 0. The first-order valence-electron chi connectivity index (χ1n) is 6.53. The van der Waals surface area contributed by atoms with E-state index in [1.165, 1.54) is 0 Å². The number of hydrogen-bond acceptors (Lipinski definition) is 6. The van der Waals surface area contributed by atoms with E-state index in [9.17, 15) is 43.2 Å². The lowest BCUT2D eigenvalue weighted by molar-refractivity contribution is -0.153. The number of alkyl halides is 6. The molecular formula is C11H18F6O6S2. The van der Waals surface area contributed by atoms with Crippen LogP contribution in [0.1, 0.15) is 34.1 Å². The first-order chi connectivity index (χ1) is 10.6. The molecule has 0 saturated carbocycles. The Morgan fingerprint density at radius 3 is 1.08 bits per heavy atom. The lowest BCUT2D eigenvalue weighted by Crippen LogP contribution is -2.46. The number of hydrogen-bond donors (Lipinski definition) is 0. The standard InChI is InChI=1S/C11H18F6O6S2/c1-8(2,24(18,19)22-6-10(12,13)14)5-9(3,4)25(20,21)23-7-11(15,16)17/h5-7H2,1-4H3. The number of rotatable bonds is 8. The zero-order chi connectivity index (χ0) is 20.5.